The minimum Gasteiger partial charge on any atom is -0.316 e. The standard InChI is InChI=1S/C10H13N5/c1-2-8(4-11-3-1)9-5-12-10-13-7-14-15(10)6-9/h5-8,11H,1-4H2. The highest BCUT2D eigenvalue weighted by atomic mass is 15.3. The summed E-state index contributed by atoms with van der Waals surface area (Å²) >= 11 is 0. The third-order valence-corrected chi connectivity index (χ3v) is 2.92. The Morgan fingerprint density at radius 1 is 1.40 bits per heavy atom. The molecule has 0 bridgehead atoms. The Morgan fingerprint density at radius 2 is 2.40 bits per heavy atom. The molecule has 0 saturated carbocycles. The molecule has 1 unspecified atom stereocenters. The molecule has 3 rings (SSSR count). The van der Waals surface area contributed by atoms with Crippen molar-refractivity contribution in [3.63, 3.8) is 0 Å². The van der Waals surface area contributed by atoms with Crippen molar-refractivity contribution in [3.05, 3.63) is 24.3 Å². The van der Waals surface area contributed by atoms with Gasteiger partial charge >= 0.3 is 0 Å². The van der Waals surface area contributed by atoms with Crippen LogP contribution in [-0.4, -0.2) is 32.7 Å². The maximum Gasteiger partial charge on any atom is 0.252 e. The van der Waals surface area contributed by atoms with E-state index >= 15 is 0 Å². The summed E-state index contributed by atoms with van der Waals surface area (Å²) in [5.74, 6) is 1.24. The molecule has 5 nitrogen and oxygen atoms in total. The third kappa shape index (κ3) is 1.59. The predicted molar refractivity (Wildman–Crippen MR) is 55.6 cm³/mol. The second kappa shape index (κ2) is 3.58. The van der Waals surface area contributed by atoms with Gasteiger partial charge < -0.3 is 5.32 Å². The lowest BCUT2D eigenvalue weighted by molar-refractivity contribution is 0.459. The largest absolute Gasteiger partial charge is 0.316 e. The molecule has 15 heavy (non-hydrogen) atoms. The molecule has 0 aromatic carbocycles. The van der Waals surface area contributed by atoms with Gasteiger partial charge in [0.15, 0.2) is 0 Å². The zero-order valence-corrected chi connectivity index (χ0v) is 8.43. The maximum atomic E-state index is 4.28. The monoisotopic (exact) mass is 203 g/mol. The maximum absolute atomic E-state index is 4.28. The Balaban J connectivity index is 1.95. The van der Waals surface area contributed by atoms with Gasteiger partial charge in [-0.2, -0.15) is 10.1 Å². The lowest BCUT2D eigenvalue weighted by Crippen LogP contribution is -2.28. The minimum atomic E-state index is 0.569. The molecular formula is C10H13N5. The summed E-state index contributed by atoms with van der Waals surface area (Å²) in [6, 6.07) is 0. The molecule has 2 aromatic rings. The second-order valence-electron chi connectivity index (χ2n) is 3.94. The Labute approximate surface area is 87.5 Å². The van der Waals surface area contributed by atoms with E-state index in [9.17, 15) is 0 Å². The fraction of sp³-hybridized carbons (Fsp3) is 0.500. The number of hydrogen-bond donors (Lipinski definition) is 1. The van der Waals surface area contributed by atoms with Crippen LogP contribution in [0.5, 0.6) is 0 Å². The van der Waals surface area contributed by atoms with E-state index in [2.05, 4.69) is 20.4 Å². The summed E-state index contributed by atoms with van der Waals surface area (Å²) in [4.78, 5) is 8.31. The van der Waals surface area contributed by atoms with Crippen LogP contribution < -0.4 is 5.32 Å². The predicted octanol–water partition coefficient (Wildman–Crippen LogP) is 0.591. The van der Waals surface area contributed by atoms with Crippen LogP contribution in [0.25, 0.3) is 5.78 Å². The van der Waals surface area contributed by atoms with Gasteiger partial charge in [0.05, 0.1) is 0 Å². The fourth-order valence-electron chi connectivity index (χ4n) is 2.08. The zero-order chi connectivity index (χ0) is 10.1. The van der Waals surface area contributed by atoms with E-state index in [0.717, 1.165) is 13.1 Å². The van der Waals surface area contributed by atoms with Crippen molar-refractivity contribution in [1.29, 1.82) is 0 Å². The SMILES string of the molecule is c1nc2ncc(C3CCCNC3)cn2n1. The molecular weight excluding hydrogens is 190 g/mol. The molecule has 0 amide bonds. The molecule has 1 atom stereocenters. The summed E-state index contributed by atoms with van der Waals surface area (Å²) in [6.07, 6.45) is 7.95. The van der Waals surface area contributed by atoms with Crippen LogP contribution >= 0.6 is 0 Å². The van der Waals surface area contributed by atoms with Crippen LogP contribution in [0.4, 0.5) is 0 Å². The van der Waals surface area contributed by atoms with Crippen molar-refractivity contribution in [2.75, 3.05) is 13.1 Å². The number of rotatable bonds is 1. The van der Waals surface area contributed by atoms with Crippen molar-refractivity contribution >= 4 is 5.78 Å². The van der Waals surface area contributed by atoms with Crippen LogP contribution in [0.1, 0.15) is 24.3 Å². The average molecular weight is 203 g/mol. The number of nitrogens with zero attached hydrogens (tertiary/aromatic N) is 4. The van der Waals surface area contributed by atoms with E-state index in [1.165, 1.54) is 24.7 Å². The quantitative estimate of drug-likeness (QED) is 0.737. The van der Waals surface area contributed by atoms with Gasteiger partial charge in [0.1, 0.15) is 6.33 Å². The first kappa shape index (κ1) is 8.79. The van der Waals surface area contributed by atoms with Crippen molar-refractivity contribution in [2.45, 2.75) is 18.8 Å². The molecule has 78 valence electrons. The third-order valence-electron chi connectivity index (χ3n) is 2.92. The Bertz CT molecular complexity index is 458. The Hall–Kier alpha value is -1.49. The molecule has 1 fully saturated rings. The Kier molecular flexibility index (Phi) is 2.10. The van der Waals surface area contributed by atoms with Crippen LogP contribution in [-0.2, 0) is 0 Å². The van der Waals surface area contributed by atoms with Gasteiger partial charge in [0.25, 0.3) is 5.78 Å². The van der Waals surface area contributed by atoms with Gasteiger partial charge in [0, 0.05) is 18.9 Å². The van der Waals surface area contributed by atoms with E-state index < -0.39 is 0 Å². The average Bonchev–Trinajstić information content (AvgIpc) is 2.77. The molecule has 3 heterocycles. The van der Waals surface area contributed by atoms with Crippen molar-refractivity contribution in [3.8, 4) is 0 Å². The first-order valence-corrected chi connectivity index (χ1v) is 5.29. The van der Waals surface area contributed by atoms with E-state index in [1.54, 1.807) is 4.52 Å². The summed E-state index contributed by atoms with van der Waals surface area (Å²) in [5.41, 5.74) is 1.25. The van der Waals surface area contributed by atoms with Crippen molar-refractivity contribution in [2.24, 2.45) is 0 Å². The van der Waals surface area contributed by atoms with Crippen molar-refractivity contribution < 1.29 is 0 Å². The van der Waals surface area contributed by atoms with Gasteiger partial charge in [-0.3, -0.25) is 0 Å². The van der Waals surface area contributed by atoms with Gasteiger partial charge in [-0.15, -0.1) is 0 Å². The second-order valence-corrected chi connectivity index (χ2v) is 3.94. The van der Waals surface area contributed by atoms with Gasteiger partial charge in [-0.25, -0.2) is 9.50 Å². The first-order valence-electron chi connectivity index (χ1n) is 5.29. The number of aromatic nitrogens is 4. The Morgan fingerprint density at radius 3 is 3.27 bits per heavy atom. The number of fused-ring (bicyclic) bond motifs is 1. The molecule has 0 radical (unpaired) electrons. The fourth-order valence-corrected chi connectivity index (χ4v) is 2.08. The number of piperidine rings is 1. The zero-order valence-electron chi connectivity index (χ0n) is 8.43. The van der Waals surface area contributed by atoms with E-state index in [0.29, 0.717) is 11.7 Å². The summed E-state index contributed by atoms with van der Waals surface area (Å²) < 4.78 is 1.74. The highest BCUT2D eigenvalue weighted by Gasteiger charge is 2.16. The van der Waals surface area contributed by atoms with Gasteiger partial charge in [-0.1, -0.05) is 0 Å². The summed E-state index contributed by atoms with van der Waals surface area (Å²) in [7, 11) is 0. The van der Waals surface area contributed by atoms with Crippen LogP contribution in [0.3, 0.4) is 0 Å². The molecule has 0 aliphatic carbocycles. The minimum absolute atomic E-state index is 0.569. The van der Waals surface area contributed by atoms with Crippen LogP contribution in [0, 0.1) is 0 Å². The smallest absolute Gasteiger partial charge is 0.252 e. The molecule has 1 saturated heterocycles. The molecule has 0 spiro atoms. The normalized spacial score (nSPS) is 22.0. The van der Waals surface area contributed by atoms with E-state index in [-0.39, 0.29) is 0 Å². The van der Waals surface area contributed by atoms with Crippen LogP contribution in [0.15, 0.2) is 18.7 Å². The molecule has 1 aliphatic rings. The lowest BCUT2D eigenvalue weighted by Gasteiger charge is -2.22. The summed E-state index contributed by atoms with van der Waals surface area (Å²) in [5, 5.41) is 7.50. The first-order chi connectivity index (χ1) is 7.43. The van der Waals surface area contributed by atoms with Crippen LogP contribution in [0.2, 0.25) is 0 Å². The van der Waals surface area contributed by atoms with Gasteiger partial charge in [-0.05, 0) is 30.9 Å². The van der Waals surface area contributed by atoms with E-state index in [4.69, 9.17) is 0 Å². The molecule has 5 heteroatoms. The highest BCUT2D eigenvalue weighted by Crippen LogP contribution is 2.21. The van der Waals surface area contributed by atoms with E-state index in [1.807, 2.05) is 12.4 Å². The van der Waals surface area contributed by atoms with Crippen molar-refractivity contribution in [1.82, 2.24) is 24.9 Å². The highest BCUT2D eigenvalue weighted by molar-refractivity contribution is 5.27. The number of hydrogen-bond acceptors (Lipinski definition) is 4. The molecule has 1 aliphatic heterocycles. The molecule has 2 aromatic heterocycles. The topological polar surface area (TPSA) is 55.1 Å². The van der Waals surface area contributed by atoms with Gasteiger partial charge in [0.2, 0.25) is 0 Å². The number of nitrogens with one attached hydrogen (secondary N) is 1. The summed E-state index contributed by atoms with van der Waals surface area (Å²) in [6.45, 7) is 2.18. The lowest BCUT2D eigenvalue weighted by atomic mass is 9.94. The molecule has 1 N–H and O–H groups in total.